The molecule has 19 heavy (non-hydrogen) atoms. The summed E-state index contributed by atoms with van der Waals surface area (Å²) in [7, 11) is 0. The van der Waals surface area contributed by atoms with Crippen LogP contribution in [0, 0.1) is 0 Å². The molecule has 0 spiro atoms. The topological polar surface area (TPSA) is 42.7 Å². The minimum Gasteiger partial charge on any atom is -0.379 e. The third-order valence-corrected chi connectivity index (χ3v) is 3.45. The van der Waals surface area contributed by atoms with Crippen molar-refractivity contribution in [2.45, 2.75) is 13.1 Å². The van der Waals surface area contributed by atoms with Crippen LogP contribution in [-0.4, -0.2) is 14.8 Å². The number of thiazole rings is 1. The molecule has 0 aliphatic rings. The normalized spacial score (nSPS) is 10.5. The van der Waals surface area contributed by atoms with Gasteiger partial charge in [0, 0.05) is 23.5 Å². The first-order valence-electron chi connectivity index (χ1n) is 6.07. The molecule has 0 atom stereocenters. The minimum absolute atomic E-state index is 0.766. The fourth-order valence-corrected chi connectivity index (χ4v) is 2.38. The summed E-state index contributed by atoms with van der Waals surface area (Å²) in [6, 6.07) is 10.3. The molecule has 0 fully saturated rings. The van der Waals surface area contributed by atoms with Crippen LogP contribution >= 0.6 is 11.3 Å². The Morgan fingerprint density at radius 2 is 2.11 bits per heavy atom. The van der Waals surface area contributed by atoms with E-state index < -0.39 is 0 Å². The standard InChI is InChI=1S/C14H14N4S/c1-6-17-18(7-1)9-12-2-4-13(5-3-12)15-8-14-10-19-11-16-14/h1-7,10-11,15H,8-9H2. The Bertz CT molecular complexity index is 599. The van der Waals surface area contributed by atoms with Crippen LogP contribution in [0.5, 0.6) is 0 Å². The Morgan fingerprint density at radius 1 is 1.21 bits per heavy atom. The van der Waals surface area contributed by atoms with E-state index in [-0.39, 0.29) is 0 Å². The van der Waals surface area contributed by atoms with Gasteiger partial charge in [-0.15, -0.1) is 11.3 Å². The Hall–Kier alpha value is -2.14. The molecule has 1 N–H and O–H groups in total. The van der Waals surface area contributed by atoms with Crippen LogP contribution in [0.15, 0.2) is 53.6 Å². The molecule has 0 radical (unpaired) electrons. The van der Waals surface area contributed by atoms with Crippen molar-refractivity contribution in [1.29, 1.82) is 0 Å². The van der Waals surface area contributed by atoms with Crippen molar-refractivity contribution >= 4 is 17.0 Å². The van der Waals surface area contributed by atoms with Gasteiger partial charge in [0.2, 0.25) is 0 Å². The Balaban J connectivity index is 1.59. The van der Waals surface area contributed by atoms with Crippen LogP contribution in [0.25, 0.3) is 0 Å². The van der Waals surface area contributed by atoms with E-state index in [1.165, 1.54) is 5.56 Å². The Labute approximate surface area is 115 Å². The van der Waals surface area contributed by atoms with Crippen LogP contribution < -0.4 is 5.32 Å². The summed E-state index contributed by atoms with van der Waals surface area (Å²) in [5.74, 6) is 0. The number of hydrogen-bond acceptors (Lipinski definition) is 4. The summed E-state index contributed by atoms with van der Waals surface area (Å²) in [4.78, 5) is 4.24. The summed E-state index contributed by atoms with van der Waals surface area (Å²) in [6.45, 7) is 1.57. The zero-order valence-corrected chi connectivity index (χ0v) is 11.2. The maximum Gasteiger partial charge on any atom is 0.0795 e. The lowest BCUT2D eigenvalue weighted by Crippen LogP contribution is -2.01. The van der Waals surface area contributed by atoms with Crippen molar-refractivity contribution in [3.05, 3.63) is 64.9 Å². The van der Waals surface area contributed by atoms with Crippen molar-refractivity contribution in [3.63, 3.8) is 0 Å². The van der Waals surface area contributed by atoms with Gasteiger partial charge in [-0.3, -0.25) is 4.68 Å². The molecule has 0 saturated carbocycles. The molecule has 0 amide bonds. The first kappa shape index (κ1) is 11.9. The molecular formula is C14H14N4S. The molecule has 96 valence electrons. The van der Waals surface area contributed by atoms with E-state index in [2.05, 4.69) is 45.0 Å². The minimum atomic E-state index is 0.766. The maximum atomic E-state index is 4.24. The molecule has 3 aromatic rings. The third kappa shape index (κ3) is 3.20. The molecular weight excluding hydrogens is 256 g/mol. The number of nitrogens with one attached hydrogen (secondary N) is 1. The SMILES string of the molecule is c1cnn(Cc2ccc(NCc3cscn3)cc2)c1. The van der Waals surface area contributed by atoms with Crippen LogP contribution in [0.3, 0.4) is 0 Å². The molecule has 0 saturated heterocycles. The molecule has 0 aliphatic heterocycles. The van der Waals surface area contributed by atoms with Gasteiger partial charge in [0.15, 0.2) is 0 Å². The number of rotatable bonds is 5. The van der Waals surface area contributed by atoms with E-state index >= 15 is 0 Å². The van der Waals surface area contributed by atoms with Crippen LogP contribution in [0.4, 0.5) is 5.69 Å². The van der Waals surface area contributed by atoms with Crippen LogP contribution in [-0.2, 0) is 13.1 Å². The van der Waals surface area contributed by atoms with Gasteiger partial charge in [-0.05, 0) is 23.8 Å². The van der Waals surface area contributed by atoms with Crippen molar-refractivity contribution in [2.75, 3.05) is 5.32 Å². The van der Waals surface area contributed by atoms with E-state index in [0.717, 1.165) is 24.5 Å². The molecule has 0 bridgehead atoms. The van der Waals surface area contributed by atoms with Crippen LogP contribution in [0.2, 0.25) is 0 Å². The van der Waals surface area contributed by atoms with Crippen molar-refractivity contribution in [3.8, 4) is 0 Å². The number of aromatic nitrogens is 3. The highest BCUT2D eigenvalue weighted by Gasteiger charge is 1.98. The first-order valence-corrected chi connectivity index (χ1v) is 7.02. The predicted octanol–water partition coefficient (Wildman–Crippen LogP) is 3.00. The van der Waals surface area contributed by atoms with Gasteiger partial charge in [-0.2, -0.15) is 5.10 Å². The second-order valence-corrected chi connectivity index (χ2v) is 4.95. The quantitative estimate of drug-likeness (QED) is 0.775. The van der Waals surface area contributed by atoms with E-state index in [1.54, 1.807) is 17.5 Å². The van der Waals surface area contributed by atoms with E-state index in [1.807, 2.05) is 22.5 Å². The molecule has 2 heterocycles. The van der Waals surface area contributed by atoms with E-state index in [0.29, 0.717) is 0 Å². The number of benzene rings is 1. The monoisotopic (exact) mass is 270 g/mol. The second kappa shape index (κ2) is 5.67. The third-order valence-electron chi connectivity index (χ3n) is 2.81. The Kier molecular flexibility index (Phi) is 3.56. The summed E-state index contributed by atoms with van der Waals surface area (Å²) >= 11 is 1.62. The van der Waals surface area contributed by atoms with Gasteiger partial charge < -0.3 is 5.32 Å². The predicted molar refractivity (Wildman–Crippen MR) is 77.2 cm³/mol. The first-order chi connectivity index (χ1) is 9.40. The number of nitrogens with zero attached hydrogens (tertiary/aromatic N) is 3. The molecule has 1 aromatic carbocycles. The zero-order valence-electron chi connectivity index (χ0n) is 10.4. The van der Waals surface area contributed by atoms with Gasteiger partial charge in [0.1, 0.15) is 0 Å². The second-order valence-electron chi connectivity index (χ2n) is 4.23. The molecule has 3 rings (SSSR count). The lowest BCUT2D eigenvalue weighted by molar-refractivity contribution is 0.687. The van der Waals surface area contributed by atoms with E-state index in [4.69, 9.17) is 0 Å². The summed E-state index contributed by atoms with van der Waals surface area (Å²) in [5, 5.41) is 9.61. The summed E-state index contributed by atoms with van der Waals surface area (Å²) < 4.78 is 1.91. The highest BCUT2D eigenvalue weighted by Crippen LogP contribution is 2.12. The van der Waals surface area contributed by atoms with Gasteiger partial charge in [-0.1, -0.05) is 12.1 Å². The average Bonchev–Trinajstić information content (AvgIpc) is 3.11. The van der Waals surface area contributed by atoms with Crippen molar-refractivity contribution < 1.29 is 0 Å². The van der Waals surface area contributed by atoms with Crippen molar-refractivity contribution in [2.24, 2.45) is 0 Å². The van der Waals surface area contributed by atoms with Gasteiger partial charge in [-0.25, -0.2) is 4.98 Å². The van der Waals surface area contributed by atoms with Crippen LogP contribution in [0.1, 0.15) is 11.3 Å². The lowest BCUT2D eigenvalue weighted by atomic mass is 10.2. The summed E-state index contributed by atoms with van der Waals surface area (Å²) in [6.07, 6.45) is 3.76. The highest BCUT2D eigenvalue weighted by molar-refractivity contribution is 7.07. The summed E-state index contributed by atoms with van der Waals surface area (Å²) in [5.41, 5.74) is 5.27. The fourth-order valence-electron chi connectivity index (χ4n) is 1.83. The van der Waals surface area contributed by atoms with Gasteiger partial charge >= 0.3 is 0 Å². The smallest absolute Gasteiger partial charge is 0.0795 e. The van der Waals surface area contributed by atoms with Crippen molar-refractivity contribution in [1.82, 2.24) is 14.8 Å². The number of hydrogen-bond donors (Lipinski definition) is 1. The largest absolute Gasteiger partial charge is 0.379 e. The lowest BCUT2D eigenvalue weighted by Gasteiger charge is -2.06. The maximum absolute atomic E-state index is 4.24. The van der Waals surface area contributed by atoms with Gasteiger partial charge in [0.25, 0.3) is 0 Å². The highest BCUT2D eigenvalue weighted by atomic mass is 32.1. The average molecular weight is 270 g/mol. The molecule has 4 nitrogen and oxygen atoms in total. The van der Waals surface area contributed by atoms with Gasteiger partial charge in [0.05, 0.1) is 24.3 Å². The Morgan fingerprint density at radius 3 is 2.79 bits per heavy atom. The molecule has 5 heteroatoms. The molecule has 0 unspecified atom stereocenters. The van der Waals surface area contributed by atoms with E-state index in [9.17, 15) is 0 Å². The molecule has 0 aliphatic carbocycles. The zero-order chi connectivity index (χ0) is 12.9. The number of anilines is 1. The molecule has 2 aromatic heterocycles. The fraction of sp³-hybridized carbons (Fsp3) is 0.143.